The maximum atomic E-state index is 11.7. The van der Waals surface area contributed by atoms with Gasteiger partial charge in [0.15, 0.2) is 0 Å². The molecule has 278 valence electrons. The minimum Gasteiger partial charge on any atom is -0.463 e. The molecule has 0 amide bonds. The molecule has 0 fully saturated rings. The normalized spacial score (nSPS) is 11.2. The quantitative estimate of drug-likeness (QED) is 0.0534. The van der Waals surface area contributed by atoms with Crippen molar-refractivity contribution in [2.75, 3.05) is 152 Å². The van der Waals surface area contributed by atoms with E-state index in [-0.39, 0.29) is 12.6 Å². The van der Waals surface area contributed by atoms with Gasteiger partial charge < -0.3 is 56.8 Å². The molecule has 0 aromatic rings. The van der Waals surface area contributed by atoms with Crippen molar-refractivity contribution in [3.63, 3.8) is 0 Å². The zero-order valence-corrected chi connectivity index (χ0v) is 29.1. The van der Waals surface area contributed by atoms with Crippen molar-refractivity contribution in [3.8, 4) is 12.3 Å². The third kappa shape index (κ3) is 42.6. The fourth-order valence-corrected chi connectivity index (χ4v) is 3.67. The third-order valence-corrected chi connectivity index (χ3v) is 6.13. The van der Waals surface area contributed by atoms with Crippen LogP contribution in [0.15, 0.2) is 0 Å². The molecule has 0 rings (SSSR count). The molecule has 0 saturated heterocycles. The largest absolute Gasteiger partial charge is 0.463 e. The van der Waals surface area contributed by atoms with Crippen LogP contribution in [0.3, 0.4) is 0 Å². The van der Waals surface area contributed by atoms with Crippen molar-refractivity contribution in [1.29, 1.82) is 0 Å². The van der Waals surface area contributed by atoms with Crippen molar-refractivity contribution in [2.24, 2.45) is 0 Å². The Labute approximate surface area is 283 Å². The summed E-state index contributed by atoms with van der Waals surface area (Å²) in [7, 11) is 0. The van der Waals surface area contributed by atoms with Crippen LogP contribution >= 0.6 is 0 Å². The summed E-state index contributed by atoms with van der Waals surface area (Å²) in [4.78, 5) is 11.7. The molecular formula is C34H64O13. The predicted octanol–water partition coefficient (Wildman–Crippen LogP) is 3.10. The highest BCUT2D eigenvalue weighted by Crippen LogP contribution is 2.07. The summed E-state index contributed by atoms with van der Waals surface area (Å²) in [6, 6.07) is 0. The highest BCUT2D eigenvalue weighted by atomic mass is 16.6. The SMILES string of the molecule is C#CCOCCOCCOCCOCCOCCOCCOCCOCCOCCOCCOCCOC(=O)CCCCCCCC. The molecule has 0 radical (unpaired) electrons. The molecule has 0 aromatic heterocycles. The summed E-state index contributed by atoms with van der Waals surface area (Å²) in [6.07, 6.45) is 12.5. The Hall–Kier alpha value is -1.41. The van der Waals surface area contributed by atoms with Crippen LogP contribution in [0.4, 0.5) is 0 Å². The molecule has 0 aliphatic heterocycles. The summed E-state index contributed by atoms with van der Waals surface area (Å²) in [5.41, 5.74) is 0. The van der Waals surface area contributed by atoms with Gasteiger partial charge in [-0.1, -0.05) is 44.9 Å². The van der Waals surface area contributed by atoms with E-state index in [4.69, 9.17) is 63.3 Å². The number of carbonyl (C=O) groups excluding carboxylic acids is 1. The molecule has 47 heavy (non-hydrogen) atoms. The summed E-state index contributed by atoms with van der Waals surface area (Å²) in [5, 5.41) is 0. The van der Waals surface area contributed by atoms with Crippen molar-refractivity contribution < 1.29 is 61.6 Å². The number of rotatable bonds is 41. The van der Waals surface area contributed by atoms with Gasteiger partial charge in [0.1, 0.15) is 13.2 Å². The van der Waals surface area contributed by atoms with Crippen LogP contribution in [-0.4, -0.2) is 158 Å². The number of carbonyl (C=O) groups is 1. The Balaban J connectivity index is 3.09. The molecule has 0 aliphatic rings. The number of hydrogen-bond donors (Lipinski definition) is 0. The summed E-state index contributed by atoms with van der Waals surface area (Å²) in [6.45, 7) is 13.1. The van der Waals surface area contributed by atoms with Crippen LogP contribution in [0.2, 0.25) is 0 Å². The first-order chi connectivity index (χ1) is 23.3. The number of ether oxygens (including phenoxy) is 12. The molecule has 0 saturated carbocycles. The Morgan fingerprint density at radius 1 is 0.404 bits per heavy atom. The minimum absolute atomic E-state index is 0.145. The van der Waals surface area contributed by atoms with Gasteiger partial charge in [-0.15, -0.1) is 6.42 Å². The molecule has 0 aliphatic carbocycles. The molecule has 0 aromatic carbocycles. The van der Waals surface area contributed by atoms with Crippen LogP contribution in [0.25, 0.3) is 0 Å². The van der Waals surface area contributed by atoms with Crippen molar-refractivity contribution >= 4 is 5.97 Å². The third-order valence-electron chi connectivity index (χ3n) is 6.13. The average molecular weight is 681 g/mol. The zero-order chi connectivity index (χ0) is 34.0. The van der Waals surface area contributed by atoms with Crippen molar-refractivity contribution in [1.82, 2.24) is 0 Å². The number of esters is 1. The summed E-state index contributed by atoms with van der Waals surface area (Å²) >= 11 is 0. The van der Waals surface area contributed by atoms with E-state index in [1.165, 1.54) is 25.7 Å². The smallest absolute Gasteiger partial charge is 0.305 e. The van der Waals surface area contributed by atoms with Gasteiger partial charge in [0.25, 0.3) is 0 Å². The van der Waals surface area contributed by atoms with Crippen LogP contribution in [-0.2, 0) is 61.6 Å². The molecule has 0 N–H and O–H groups in total. The first-order valence-electron chi connectivity index (χ1n) is 17.3. The van der Waals surface area contributed by atoms with Crippen molar-refractivity contribution in [2.45, 2.75) is 51.9 Å². The minimum atomic E-state index is -0.145. The highest BCUT2D eigenvalue weighted by Gasteiger charge is 2.02. The van der Waals surface area contributed by atoms with Crippen LogP contribution in [0.1, 0.15) is 51.9 Å². The molecular weight excluding hydrogens is 616 g/mol. The second kappa shape index (κ2) is 42.6. The van der Waals surface area contributed by atoms with Crippen LogP contribution < -0.4 is 0 Å². The van der Waals surface area contributed by atoms with Gasteiger partial charge in [-0.2, -0.15) is 0 Å². The Bertz CT molecular complexity index is 648. The van der Waals surface area contributed by atoms with Gasteiger partial charge in [0.2, 0.25) is 0 Å². The van der Waals surface area contributed by atoms with E-state index in [0.29, 0.717) is 152 Å². The Morgan fingerprint density at radius 2 is 0.681 bits per heavy atom. The zero-order valence-electron chi connectivity index (χ0n) is 29.1. The first kappa shape index (κ1) is 45.6. The topological polar surface area (TPSA) is 128 Å². The van der Waals surface area contributed by atoms with E-state index in [1.807, 2.05) is 0 Å². The van der Waals surface area contributed by atoms with Gasteiger partial charge in [-0.3, -0.25) is 4.79 Å². The molecule has 13 heteroatoms. The van der Waals surface area contributed by atoms with E-state index >= 15 is 0 Å². The number of unbranched alkanes of at least 4 members (excludes halogenated alkanes) is 5. The van der Waals surface area contributed by atoms with E-state index < -0.39 is 0 Å². The molecule has 0 spiro atoms. The van der Waals surface area contributed by atoms with Gasteiger partial charge in [0.05, 0.1) is 139 Å². The molecule has 0 heterocycles. The predicted molar refractivity (Wildman–Crippen MR) is 177 cm³/mol. The fraction of sp³-hybridized carbons (Fsp3) is 0.912. The van der Waals surface area contributed by atoms with E-state index in [2.05, 4.69) is 12.8 Å². The van der Waals surface area contributed by atoms with E-state index in [1.54, 1.807) is 0 Å². The fourth-order valence-electron chi connectivity index (χ4n) is 3.67. The number of hydrogen-bond acceptors (Lipinski definition) is 13. The number of terminal acetylenes is 1. The van der Waals surface area contributed by atoms with Crippen LogP contribution in [0, 0.1) is 12.3 Å². The molecule has 0 unspecified atom stereocenters. The van der Waals surface area contributed by atoms with Crippen molar-refractivity contribution in [3.05, 3.63) is 0 Å². The van der Waals surface area contributed by atoms with Gasteiger partial charge in [0, 0.05) is 6.42 Å². The molecule has 0 atom stereocenters. The Kier molecular flexibility index (Phi) is 41.3. The lowest BCUT2D eigenvalue weighted by molar-refractivity contribution is -0.145. The lowest BCUT2D eigenvalue weighted by Gasteiger charge is -2.09. The average Bonchev–Trinajstić information content (AvgIpc) is 3.08. The molecule has 13 nitrogen and oxygen atoms in total. The van der Waals surface area contributed by atoms with Gasteiger partial charge in [-0.25, -0.2) is 0 Å². The second-order valence-corrected chi connectivity index (χ2v) is 10.1. The van der Waals surface area contributed by atoms with Gasteiger partial charge >= 0.3 is 5.97 Å². The van der Waals surface area contributed by atoms with Gasteiger partial charge in [-0.05, 0) is 6.42 Å². The van der Waals surface area contributed by atoms with Crippen LogP contribution in [0.5, 0.6) is 0 Å². The summed E-state index contributed by atoms with van der Waals surface area (Å²) < 4.78 is 64.7. The highest BCUT2D eigenvalue weighted by molar-refractivity contribution is 5.69. The maximum Gasteiger partial charge on any atom is 0.305 e. The van der Waals surface area contributed by atoms with E-state index in [9.17, 15) is 4.79 Å². The second-order valence-electron chi connectivity index (χ2n) is 10.1. The lowest BCUT2D eigenvalue weighted by Crippen LogP contribution is -2.15. The lowest BCUT2D eigenvalue weighted by atomic mass is 10.1. The first-order valence-corrected chi connectivity index (χ1v) is 17.3. The monoisotopic (exact) mass is 680 g/mol. The molecule has 0 bridgehead atoms. The summed E-state index contributed by atoms with van der Waals surface area (Å²) in [5.74, 6) is 2.25. The standard InChI is InChI=1S/C34H64O13/c1-3-5-6-7-8-9-10-34(35)47-33-32-46-31-30-45-29-28-44-27-26-43-25-24-42-23-22-41-21-20-40-19-18-39-17-16-38-15-14-37-13-12-36-11-4-2/h2H,3,5-33H2,1H3. The maximum absolute atomic E-state index is 11.7. The van der Waals surface area contributed by atoms with E-state index in [0.717, 1.165) is 12.8 Å². The Morgan fingerprint density at radius 3 is 1.00 bits per heavy atom.